The minimum Gasteiger partial charge on any atom is -0.457 e. The van der Waals surface area contributed by atoms with Crippen LogP contribution in [0.1, 0.15) is 0 Å². The fourth-order valence-electron chi connectivity index (χ4n) is 2.55. The Bertz CT molecular complexity index is 1020. The fourth-order valence-corrected chi connectivity index (χ4v) is 2.55. The second-order valence-corrected chi connectivity index (χ2v) is 5.01. The van der Waals surface area contributed by atoms with Crippen LogP contribution in [0.5, 0.6) is 11.5 Å². The van der Waals surface area contributed by atoms with E-state index >= 15 is 0 Å². The molecule has 0 saturated carbocycles. The maximum atomic E-state index is 12.2. The van der Waals surface area contributed by atoms with Gasteiger partial charge >= 0.3 is 5.63 Å². The minimum absolute atomic E-state index is 0.354. The van der Waals surface area contributed by atoms with Gasteiger partial charge < -0.3 is 9.15 Å². The van der Waals surface area contributed by atoms with Crippen molar-refractivity contribution in [2.45, 2.75) is 0 Å². The maximum absolute atomic E-state index is 12.2. The highest BCUT2D eigenvalue weighted by atomic mass is 16.5. The molecule has 4 rings (SSSR count). The normalized spacial score (nSPS) is 10.9. The number of hydrogen-bond acceptors (Lipinski definition) is 3. The third-order valence-electron chi connectivity index (χ3n) is 3.57. The Labute approximate surface area is 126 Å². The van der Waals surface area contributed by atoms with Crippen molar-refractivity contribution in [2.75, 3.05) is 0 Å². The first kappa shape index (κ1) is 12.7. The van der Waals surface area contributed by atoms with Crippen LogP contribution in [-0.2, 0) is 0 Å². The summed E-state index contributed by atoms with van der Waals surface area (Å²) in [7, 11) is 0. The molecule has 0 N–H and O–H groups in total. The van der Waals surface area contributed by atoms with Crippen LogP contribution in [0.15, 0.2) is 82.0 Å². The number of hydrogen-bond donors (Lipinski definition) is 0. The molecule has 0 spiro atoms. The Balaban J connectivity index is 1.89. The van der Waals surface area contributed by atoms with Gasteiger partial charge in [0.05, 0.1) is 5.39 Å². The average Bonchev–Trinajstić information content (AvgIpc) is 2.56. The SMILES string of the molecule is O=c1oc2ccccc2c2ccc(Oc3ccccc3)cc12. The predicted octanol–water partition coefficient (Wildman–Crippen LogP) is 4.74. The van der Waals surface area contributed by atoms with Gasteiger partial charge in [-0.1, -0.05) is 36.4 Å². The van der Waals surface area contributed by atoms with Gasteiger partial charge in [0, 0.05) is 10.8 Å². The molecule has 1 aromatic heterocycles. The lowest BCUT2D eigenvalue weighted by atomic mass is 10.1. The molecular weight excluding hydrogens is 276 g/mol. The second kappa shape index (κ2) is 5.04. The van der Waals surface area contributed by atoms with Crippen LogP contribution in [0.3, 0.4) is 0 Å². The van der Waals surface area contributed by atoms with Gasteiger partial charge in [-0.05, 0) is 36.4 Å². The summed E-state index contributed by atoms with van der Waals surface area (Å²) in [6.07, 6.45) is 0. The van der Waals surface area contributed by atoms with Gasteiger partial charge in [0.2, 0.25) is 0 Å². The molecule has 3 aromatic carbocycles. The summed E-state index contributed by atoms with van der Waals surface area (Å²) in [5.41, 5.74) is 0.240. The van der Waals surface area contributed by atoms with Crippen molar-refractivity contribution in [3.63, 3.8) is 0 Å². The van der Waals surface area contributed by atoms with Gasteiger partial charge in [-0.25, -0.2) is 4.79 Å². The first-order chi connectivity index (χ1) is 10.8. The molecule has 0 unspecified atom stereocenters. The Morgan fingerprint density at radius 3 is 2.32 bits per heavy atom. The van der Waals surface area contributed by atoms with E-state index in [1.54, 1.807) is 12.1 Å². The zero-order chi connectivity index (χ0) is 14.9. The van der Waals surface area contributed by atoms with Gasteiger partial charge in [0.25, 0.3) is 0 Å². The highest BCUT2D eigenvalue weighted by molar-refractivity contribution is 6.04. The molecule has 4 aromatic rings. The molecule has 0 saturated heterocycles. The summed E-state index contributed by atoms with van der Waals surface area (Å²) in [4.78, 5) is 12.2. The van der Waals surface area contributed by atoms with Gasteiger partial charge in [0.1, 0.15) is 17.1 Å². The van der Waals surface area contributed by atoms with E-state index in [1.165, 1.54) is 0 Å². The van der Waals surface area contributed by atoms with Gasteiger partial charge in [-0.3, -0.25) is 0 Å². The zero-order valence-corrected chi connectivity index (χ0v) is 11.7. The van der Waals surface area contributed by atoms with Crippen LogP contribution in [0, 0.1) is 0 Å². The van der Waals surface area contributed by atoms with E-state index in [-0.39, 0.29) is 5.63 Å². The molecule has 1 heterocycles. The van der Waals surface area contributed by atoms with E-state index < -0.39 is 0 Å². The largest absolute Gasteiger partial charge is 0.457 e. The third-order valence-corrected chi connectivity index (χ3v) is 3.57. The topological polar surface area (TPSA) is 39.4 Å². The predicted molar refractivity (Wildman–Crippen MR) is 86.5 cm³/mol. The van der Waals surface area contributed by atoms with Crippen LogP contribution < -0.4 is 10.4 Å². The van der Waals surface area contributed by atoms with Crippen molar-refractivity contribution in [1.82, 2.24) is 0 Å². The summed E-state index contributed by atoms with van der Waals surface area (Å²) >= 11 is 0. The molecule has 0 atom stereocenters. The highest BCUT2D eigenvalue weighted by Crippen LogP contribution is 2.28. The molecule has 0 bridgehead atoms. The average molecular weight is 288 g/mol. The molecular formula is C19H12O3. The minimum atomic E-state index is -0.354. The van der Waals surface area contributed by atoms with Crippen LogP contribution in [0.25, 0.3) is 21.7 Å². The third kappa shape index (κ3) is 2.13. The molecule has 0 aliphatic rings. The number of ether oxygens (including phenoxy) is 1. The van der Waals surface area contributed by atoms with E-state index in [9.17, 15) is 4.79 Å². The molecule has 3 heteroatoms. The van der Waals surface area contributed by atoms with E-state index in [0.717, 1.165) is 16.5 Å². The molecule has 0 radical (unpaired) electrons. The molecule has 106 valence electrons. The summed E-state index contributed by atoms with van der Waals surface area (Å²) in [6, 6.07) is 22.5. The summed E-state index contributed by atoms with van der Waals surface area (Å²) in [6.45, 7) is 0. The van der Waals surface area contributed by atoms with Crippen LogP contribution in [0.4, 0.5) is 0 Å². The van der Waals surface area contributed by atoms with E-state index in [4.69, 9.17) is 9.15 Å². The summed E-state index contributed by atoms with van der Waals surface area (Å²) in [5, 5.41) is 2.31. The van der Waals surface area contributed by atoms with E-state index in [1.807, 2.05) is 60.7 Å². The lowest BCUT2D eigenvalue weighted by molar-refractivity contribution is 0.483. The summed E-state index contributed by atoms with van der Waals surface area (Å²) < 4.78 is 11.1. The van der Waals surface area contributed by atoms with Gasteiger partial charge in [-0.2, -0.15) is 0 Å². The fraction of sp³-hybridized carbons (Fsp3) is 0. The highest BCUT2D eigenvalue weighted by Gasteiger charge is 2.08. The summed E-state index contributed by atoms with van der Waals surface area (Å²) in [5.74, 6) is 1.34. The maximum Gasteiger partial charge on any atom is 0.344 e. The molecule has 3 nitrogen and oxygen atoms in total. The quantitative estimate of drug-likeness (QED) is 0.395. The lowest BCUT2D eigenvalue weighted by Gasteiger charge is -2.07. The Morgan fingerprint density at radius 2 is 1.45 bits per heavy atom. The first-order valence-electron chi connectivity index (χ1n) is 7.00. The van der Waals surface area contributed by atoms with Crippen molar-refractivity contribution >= 4 is 21.7 Å². The van der Waals surface area contributed by atoms with Crippen molar-refractivity contribution in [1.29, 1.82) is 0 Å². The Morgan fingerprint density at radius 1 is 0.682 bits per heavy atom. The molecule has 0 aliphatic heterocycles. The van der Waals surface area contributed by atoms with E-state index in [0.29, 0.717) is 16.7 Å². The smallest absolute Gasteiger partial charge is 0.344 e. The second-order valence-electron chi connectivity index (χ2n) is 5.01. The number of benzene rings is 3. The first-order valence-corrected chi connectivity index (χ1v) is 7.00. The van der Waals surface area contributed by atoms with Crippen molar-refractivity contribution in [3.05, 3.63) is 83.2 Å². The van der Waals surface area contributed by atoms with Gasteiger partial charge in [-0.15, -0.1) is 0 Å². The van der Waals surface area contributed by atoms with Crippen molar-refractivity contribution < 1.29 is 9.15 Å². The van der Waals surface area contributed by atoms with Crippen LogP contribution >= 0.6 is 0 Å². The van der Waals surface area contributed by atoms with Crippen LogP contribution in [-0.4, -0.2) is 0 Å². The number of rotatable bonds is 2. The van der Waals surface area contributed by atoms with Gasteiger partial charge in [0.15, 0.2) is 0 Å². The molecule has 0 fully saturated rings. The standard InChI is InChI=1S/C19H12O3/c20-19-17-12-14(21-13-6-2-1-3-7-13)10-11-15(17)16-8-4-5-9-18(16)22-19/h1-12H. The molecule has 0 aliphatic carbocycles. The van der Waals surface area contributed by atoms with Crippen molar-refractivity contribution in [2.24, 2.45) is 0 Å². The Hall–Kier alpha value is -3.07. The number of para-hydroxylation sites is 2. The lowest BCUT2D eigenvalue weighted by Crippen LogP contribution is -2.00. The molecule has 22 heavy (non-hydrogen) atoms. The van der Waals surface area contributed by atoms with E-state index in [2.05, 4.69) is 0 Å². The van der Waals surface area contributed by atoms with Crippen molar-refractivity contribution in [3.8, 4) is 11.5 Å². The zero-order valence-electron chi connectivity index (χ0n) is 11.7. The number of fused-ring (bicyclic) bond motifs is 3. The Kier molecular flexibility index (Phi) is 2.90. The van der Waals surface area contributed by atoms with Crippen LogP contribution in [0.2, 0.25) is 0 Å². The molecule has 0 amide bonds. The monoisotopic (exact) mass is 288 g/mol.